The van der Waals surface area contributed by atoms with E-state index in [-0.39, 0.29) is 24.9 Å². The van der Waals surface area contributed by atoms with E-state index in [1.165, 1.54) is 11.8 Å². The van der Waals surface area contributed by atoms with Gasteiger partial charge in [0.15, 0.2) is 0 Å². The van der Waals surface area contributed by atoms with Crippen LogP contribution in [0.3, 0.4) is 0 Å². The number of hydrogen-bond acceptors (Lipinski definition) is 4. The zero-order chi connectivity index (χ0) is 24.5. The first-order chi connectivity index (χ1) is 15.6. The topological polar surface area (TPSA) is 95.7 Å². The summed E-state index contributed by atoms with van der Waals surface area (Å²) in [7, 11) is 3.67. The number of hydrogen-bond donors (Lipinski definition) is 2. The van der Waals surface area contributed by atoms with Crippen LogP contribution >= 0.6 is 0 Å². The molecule has 0 heterocycles. The number of carbonyl (C=O) groups excluding carboxylic acids is 3. The Balaban J connectivity index is 2.16. The van der Waals surface area contributed by atoms with Crippen molar-refractivity contribution in [3.05, 3.63) is 71.3 Å². The fourth-order valence-electron chi connectivity index (χ4n) is 3.43. The predicted octanol–water partition coefficient (Wildman–Crippen LogP) is 1.50. The Hall–Kier alpha value is -3.33. The van der Waals surface area contributed by atoms with Crippen LogP contribution in [0.2, 0.25) is 0 Å². The summed E-state index contributed by atoms with van der Waals surface area (Å²) >= 11 is 0. The fraction of sp³-hybridized carbons (Fsp3) is 0.375. The molecule has 0 aromatic heterocycles. The summed E-state index contributed by atoms with van der Waals surface area (Å²) in [6, 6.07) is 10.1. The molecule has 2 atom stereocenters. The molecule has 3 amide bonds. The second-order valence-corrected chi connectivity index (χ2v) is 8.19. The minimum absolute atomic E-state index is 0.146. The molecule has 2 aromatic rings. The zero-order valence-electron chi connectivity index (χ0n) is 19.1. The van der Waals surface area contributed by atoms with E-state index in [2.05, 4.69) is 5.32 Å². The molecule has 0 aliphatic carbocycles. The number of rotatable bonds is 11. The Morgan fingerprint density at radius 1 is 0.970 bits per heavy atom. The minimum Gasteiger partial charge on any atom is -0.368 e. The molecular formula is C24H30F2N4O3. The standard InChI is InChI=1S/C24H30F2N4O3/c1-16(28-22(31)14-18-11-19(25)15-20(26)12-18)24(33)30(10-9-29(2)3)21(23(27)32)13-17-7-5-4-6-8-17/h4-8,11-12,15-16,21H,9-10,13-14H2,1-3H3,(H2,27,32)(H,28,31)/t16-,21-/m0/s1. The molecule has 0 aliphatic heterocycles. The van der Waals surface area contributed by atoms with Gasteiger partial charge in [0.1, 0.15) is 23.7 Å². The van der Waals surface area contributed by atoms with E-state index in [0.29, 0.717) is 12.6 Å². The Bertz CT molecular complexity index is 949. The number of primary amides is 1. The van der Waals surface area contributed by atoms with Crippen LogP contribution in [0.1, 0.15) is 18.1 Å². The highest BCUT2D eigenvalue weighted by Gasteiger charge is 2.31. The Morgan fingerprint density at radius 2 is 1.58 bits per heavy atom. The first-order valence-corrected chi connectivity index (χ1v) is 10.6. The smallest absolute Gasteiger partial charge is 0.245 e. The molecule has 33 heavy (non-hydrogen) atoms. The Labute approximate surface area is 192 Å². The lowest BCUT2D eigenvalue weighted by Crippen LogP contribution is -2.56. The van der Waals surface area contributed by atoms with E-state index in [1.54, 1.807) is 0 Å². The molecule has 178 valence electrons. The van der Waals surface area contributed by atoms with Gasteiger partial charge in [-0.2, -0.15) is 0 Å². The number of nitrogens with zero attached hydrogens (tertiary/aromatic N) is 2. The molecule has 9 heteroatoms. The molecule has 0 radical (unpaired) electrons. The Kier molecular flexibility index (Phi) is 9.47. The predicted molar refractivity (Wildman–Crippen MR) is 121 cm³/mol. The van der Waals surface area contributed by atoms with E-state index < -0.39 is 41.4 Å². The van der Waals surface area contributed by atoms with Crippen molar-refractivity contribution in [1.29, 1.82) is 0 Å². The van der Waals surface area contributed by atoms with Crippen molar-refractivity contribution in [2.75, 3.05) is 27.2 Å². The third-order valence-corrected chi connectivity index (χ3v) is 5.08. The number of nitrogens with one attached hydrogen (secondary N) is 1. The van der Waals surface area contributed by atoms with Crippen molar-refractivity contribution >= 4 is 17.7 Å². The van der Waals surface area contributed by atoms with Crippen molar-refractivity contribution in [2.45, 2.75) is 31.8 Å². The van der Waals surface area contributed by atoms with Gasteiger partial charge in [0.05, 0.1) is 6.42 Å². The number of likely N-dealkylation sites (N-methyl/N-ethyl adjacent to an activating group) is 1. The average molecular weight is 461 g/mol. The summed E-state index contributed by atoms with van der Waals surface area (Å²) < 4.78 is 26.8. The van der Waals surface area contributed by atoms with Crippen molar-refractivity contribution in [3.8, 4) is 0 Å². The lowest BCUT2D eigenvalue weighted by Gasteiger charge is -2.33. The van der Waals surface area contributed by atoms with Crippen molar-refractivity contribution in [2.24, 2.45) is 5.73 Å². The van der Waals surface area contributed by atoms with Crippen LogP contribution in [-0.2, 0) is 27.2 Å². The molecule has 0 bridgehead atoms. The number of halogens is 2. The first-order valence-electron chi connectivity index (χ1n) is 10.6. The van der Waals surface area contributed by atoms with Gasteiger partial charge in [0, 0.05) is 25.6 Å². The van der Waals surface area contributed by atoms with Crippen LogP contribution in [0, 0.1) is 11.6 Å². The van der Waals surface area contributed by atoms with E-state index in [4.69, 9.17) is 5.73 Å². The molecular weight excluding hydrogens is 430 g/mol. The summed E-state index contributed by atoms with van der Waals surface area (Å²) in [5, 5.41) is 2.55. The minimum atomic E-state index is -0.976. The van der Waals surface area contributed by atoms with Crippen LogP contribution in [0.5, 0.6) is 0 Å². The van der Waals surface area contributed by atoms with Crippen LogP contribution in [0.4, 0.5) is 8.78 Å². The van der Waals surface area contributed by atoms with Gasteiger partial charge in [-0.05, 0) is 44.3 Å². The molecule has 0 spiro atoms. The normalized spacial score (nSPS) is 12.8. The monoisotopic (exact) mass is 460 g/mol. The Morgan fingerprint density at radius 3 is 2.12 bits per heavy atom. The van der Waals surface area contributed by atoms with Crippen LogP contribution < -0.4 is 11.1 Å². The molecule has 3 N–H and O–H groups in total. The third kappa shape index (κ3) is 8.27. The highest BCUT2D eigenvalue weighted by atomic mass is 19.1. The molecule has 2 rings (SSSR count). The van der Waals surface area contributed by atoms with Gasteiger partial charge in [0.25, 0.3) is 0 Å². The molecule has 0 unspecified atom stereocenters. The van der Waals surface area contributed by atoms with E-state index in [9.17, 15) is 23.2 Å². The van der Waals surface area contributed by atoms with Gasteiger partial charge in [-0.1, -0.05) is 30.3 Å². The summed E-state index contributed by atoms with van der Waals surface area (Å²) in [6.45, 7) is 2.20. The molecule has 0 saturated heterocycles. The maximum Gasteiger partial charge on any atom is 0.245 e. The van der Waals surface area contributed by atoms with E-state index in [1.807, 2.05) is 49.3 Å². The summed E-state index contributed by atoms with van der Waals surface area (Å²) in [5.41, 5.74) is 6.64. The molecule has 0 saturated carbocycles. The summed E-state index contributed by atoms with van der Waals surface area (Å²) in [4.78, 5) is 41.2. The van der Waals surface area contributed by atoms with Gasteiger partial charge in [-0.25, -0.2) is 8.78 Å². The number of benzene rings is 2. The maximum absolute atomic E-state index is 13.4. The molecule has 0 aliphatic rings. The van der Waals surface area contributed by atoms with E-state index in [0.717, 1.165) is 17.7 Å². The van der Waals surface area contributed by atoms with Crippen molar-refractivity contribution in [3.63, 3.8) is 0 Å². The largest absolute Gasteiger partial charge is 0.368 e. The quantitative estimate of drug-likeness (QED) is 0.531. The van der Waals surface area contributed by atoms with Crippen LogP contribution in [0.15, 0.2) is 48.5 Å². The number of nitrogens with two attached hydrogens (primary N) is 1. The SMILES string of the molecule is C[C@H](NC(=O)Cc1cc(F)cc(F)c1)C(=O)N(CCN(C)C)[C@@H](Cc1ccccc1)C(N)=O. The van der Waals surface area contributed by atoms with E-state index >= 15 is 0 Å². The van der Waals surface area contributed by atoms with Gasteiger partial charge >= 0.3 is 0 Å². The second-order valence-electron chi connectivity index (χ2n) is 8.19. The van der Waals surface area contributed by atoms with Crippen molar-refractivity contribution in [1.82, 2.24) is 15.1 Å². The number of amides is 3. The fourth-order valence-corrected chi connectivity index (χ4v) is 3.43. The lowest BCUT2D eigenvalue weighted by molar-refractivity contribution is -0.142. The second kappa shape index (κ2) is 12.1. The number of carbonyl (C=O) groups is 3. The average Bonchev–Trinajstić information content (AvgIpc) is 2.72. The zero-order valence-corrected chi connectivity index (χ0v) is 19.1. The summed E-state index contributed by atoms with van der Waals surface area (Å²) in [6.07, 6.45) is -0.0637. The van der Waals surface area contributed by atoms with Gasteiger partial charge in [-0.3, -0.25) is 14.4 Å². The summed E-state index contributed by atoms with van der Waals surface area (Å²) in [5.74, 6) is -3.29. The van der Waals surface area contributed by atoms with Crippen LogP contribution in [-0.4, -0.2) is 66.8 Å². The first kappa shape index (κ1) is 25.9. The third-order valence-electron chi connectivity index (χ3n) is 5.08. The maximum atomic E-state index is 13.4. The van der Waals surface area contributed by atoms with Crippen LogP contribution in [0.25, 0.3) is 0 Å². The van der Waals surface area contributed by atoms with Crippen molar-refractivity contribution < 1.29 is 23.2 Å². The molecule has 7 nitrogen and oxygen atoms in total. The molecule has 0 fully saturated rings. The lowest BCUT2D eigenvalue weighted by atomic mass is 10.0. The van der Waals surface area contributed by atoms with Gasteiger partial charge in [-0.15, -0.1) is 0 Å². The highest BCUT2D eigenvalue weighted by molar-refractivity contribution is 5.92. The molecule has 2 aromatic carbocycles. The highest BCUT2D eigenvalue weighted by Crippen LogP contribution is 2.12. The van der Waals surface area contributed by atoms with Gasteiger partial charge in [0.2, 0.25) is 17.7 Å². The van der Waals surface area contributed by atoms with Gasteiger partial charge < -0.3 is 20.9 Å².